The van der Waals surface area contributed by atoms with Crippen LogP contribution in [-0.4, -0.2) is 11.7 Å². The average Bonchev–Trinajstić information content (AvgIpc) is 1.41. The highest BCUT2D eigenvalue weighted by Gasteiger charge is 1.66. The molecule has 0 unspecified atom stereocenters. The zero-order valence-corrected chi connectivity index (χ0v) is 2.81. The average molecular weight is 75.0 g/mol. The summed E-state index contributed by atoms with van der Waals surface area (Å²) in [6, 6.07) is 1.77. The monoisotopic (exact) mass is 75.0 g/mol. The second kappa shape index (κ2) is 3.45. The predicted molar refractivity (Wildman–Crippen MR) is 17.3 cm³/mol. The van der Waals surface area contributed by atoms with Crippen molar-refractivity contribution in [3.8, 4) is 6.07 Å². The number of nitrogens with zero attached hydrogens (tertiary/aromatic N) is 1. The molecular formula is C3H5NO. The molecule has 0 fully saturated rings. The van der Waals surface area contributed by atoms with Crippen molar-refractivity contribution in [2.24, 2.45) is 0 Å². The second-order valence-corrected chi connectivity index (χ2v) is 0.632. The summed E-state index contributed by atoms with van der Waals surface area (Å²) in [7, 11) is 0. The van der Waals surface area contributed by atoms with Crippen molar-refractivity contribution in [2.45, 2.75) is 6.42 Å². The Morgan fingerprint density at radius 2 is 2.40 bits per heavy atom. The first-order valence-corrected chi connectivity index (χ1v) is 1.39. The van der Waals surface area contributed by atoms with Gasteiger partial charge in [-0.05, 0) is 0 Å². The highest BCUT2D eigenvalue weighted by atomic mass is 16.3. The molecule has 0 bridgehead atoms. The van der Waals surface area contributed by atoms with E-state index in [1.807, 2.05) is 0 Å². The molecule has 0 amide bonds. The molecule has 0 radical (unpaired) electrons. The third-order valence-corrected chi connectivity index (χ3v) is 0.224. The lowest BCUT2D eigenvalue weighted by molar-refractivity contribution is 0.304. The van der Waals surface area contributed by atoms with Gasteiger partial charge in [0, 0.05) is 0 Å². The van der Waals surface area contributed by atoms with E-state index >= 15 is 0 Å². The summed E-state index contributed by atoms with van der Waals surface area (Å²) in [6.45, 7) is -0.0174. The van der Waals surface area contributed by atoms with Gasteiger partial charge in [-0.3, -0.25) is 0 Å². The van der Waals surface area contributed by atoms with Gasteiger partial charge < -0.3 is 5.11 Å². The van der Waals surface area contributed by atoms with Gasteiger partial charge in [-0.2, -0.15) is 5.26 Å². The van der Waals surface area contributed by atoms with Gasteiger partial charge in [0.1, 0.15) is 0 Å². The summed E-state index contributed by atoms with van der Waals surface area (Å²) in [5, 5.41) is 15.5. The molecule has 0 aromatic heterocycles. The molecular weight excluding hydrogens is 70.0 g/mol. The normalized spacial score (nSPS) is 6.40. The zero-order chi connectivity index (χ0) is 4.12. The fourth-order valence-electron chi connectivity index (χ4n) is 0.0500. The molecule has 0 aliphatic heterocycles. The van der Waals surface area contributed by atoms with Crippen molar-refractivity contribution in [1.82, 2.24) is 0 Å². The first-order valence-electron chi connectivity index (χ1n) is 1.39. The molecule has 0 spiro atoms. The number of aliphatic hydroxyl groups is 1. The van der Waals surface area contributed by atoms with Crippen molar-refractivity contribution in [3.63, 3.8) is 0 Å². The standard InChI is InChI=1S/C3H5NO/c4-2-1-3-5/h5H,1,3H2/i1+1,2+1,3+1,4+1. The van der Waals surface area contributed by atoms with Crippen LogP contribution in [0.1, 0.15) is 6.42 Å². The lowest BCUT2D eigenvalue weighted by atomic mass is 11.5. The smallest absolute Gasteiger partial charge is 0.0645 e. The predicted octanol–water partition coefficient (Wildman–Crippen LogP) is -0.108. The minimum atomic E-state index is -0.0174. The fourth-order valence-corrected chi connectivity index (χ4v) is 0.0500. The van der Waals surface area contributed by atoms with E-state index < -0.39 is 0 Å². The van der Waals surface area contributed by atoms with Gasteiger partial charge >= 0.3 is 0 Å². The summed E-state index contributed by atoms with van der Waals surface area (Å²) in [5.74, 6) is 0. The van der Waals surface area contributed by atoms with E-state index in [-0.39, 0.29) is 13.0 Å². The molecule has 0 heterocycles. The molecule has 0 rings (SSSR count). The molecule has 0 aliphatic carbocycles. The maximum absolute atomic E-state index is 7.84. The third-order valence-electron chi connectivity index (χ3n) is 0.224. The van der Waals surface area contributed by atoms with Crippen LogP contribution >= 0.6 is 0 Å². The van der Waals surface area contributed by atoms with Crippen LogP contribution in [0.2, 0.25) is 0 Å². The highest BCUT2D eigenvalue weighted by molar-refractivity contribution is 4.65. The fraction of sp³-hybridized carbons (Fsp3) is 0.667. The Morgan fingerprint density at radius 1 is 1.80 bits per heavy atom. The second-order valence-electron chi connectivity index (χ2n) is 0.632. The molecule has 0 saturated heterocycles. The van der Waals surface area contributed by atoms with Crippen LogP contribution in [0.15, 0.2) is 0 Å². The van der Waals surface area contributed by atoms with Crippen molar-refractivity contribution >= 4 is 0 Å². The van der Waals surface area contributed by atoms with Gasteiger partial charge in [-0.25, -0.2) is 0 Å². The molecule has 2 nitrogen and oxygen atoms in total. The largest absolute Gasteiger partial charge is 0.395 e. The Labute approximate surface area is 30.7 Å². The van der Waals surface area contributed by atoms with Crippen molar-refractivity contribution in [1.29, 1.82) is 5.26 Å². The molecule has 28 valence electrons. The Bertz CT molecular complexity index is 45.3. The first kappa shape index (κ1) is 4.45. The van der Waals surface area contributed by atoms with Gasteiger partial charge in [0.15, 0.2) is 0 Å². The Kier molecular flexibility index (Phi) is 3.07. The minimum absolute atomic E-state index is 0.0174. The van der Waals surface area contributed by atoms with Crippen LogP contribution < -0.4 is 0 Å². The molecule has 0 aromatic rings. The van der Waals surface area contributed by atoms with Crippen molar-refractivity contribution in [3.05, 3.63) is 0 Å². The highest BCUT2D eigenvalue weighted by Crippen LogP contribution is 1.62. The maximum Gasteiger partial charge on any atom is 0.0645 e. The summed E-state index contributed by atoms with van der Waals surface area (Å²) in [4.78, 5) is 0. The maximum atomic E-state index is 7.84. The van der Waals surface area contributed by atoms with E-state index in [9.17, 15) is 0 Å². The Morgan fingerprint density at radius 3 is 2.40 bits per heavy atom. The summed E-state index contributed by atoms with van der Waals surface area (Å²) in [6.07, 6.45) is 0.250. The van der Waals surface area contributed by atoms with Crippen LogP contribution in [0.4, 0.5) is 0 Å². The van der Waals surface area contributed by atoms with Gasteiger partial charge in [0.05, 0.1) is 19.1 Å². The van der Waals surface area contributed by atoms with E-state index in [1.165, 1.54) is 0 Å². The lowest BCUT2D eigenvalue weighted by Gasteiger charge is -1.67. The van der Waals surface area contributed by atoms with Crippen LogP contribution in [0.5, 0.6) is 0 Å². The van der Waals surface area contributed by atoms with E-state index in [0.29, 0.717) is 0 Å². The van der Waals surface area contributed by atoms with Crippen LogP contribution in [0.25, 0.3) is 0 Å². The number of nitriles is 1. The van der Waals surface area contributed by atoms with Gasteiger partial charge in [0.2, 0.25) is 0 Å². The molecule has 0 atom stereocenters. The molecule has 0 aliphatic rings. The summed E-state index contributed by atoms with van der Waals surface area (Å²) in [5.41, 5.74) is 0. The molecule has 2 heteroatoms. The Hall–Kier alpha value is -0.550. The zero-order valence-electron chi connectivity index (χ0n) is 2.81. The molecule has 5 heavy (non-hydrogen) atoms. The van der Waals surface area contributed by atoms with Crippen LogP contribution in [-0.2, 0) is 0 Å². The number of hydrogen-bond acceptors (Lipinski definition) is 2. The number of aliphatic hydroxyl groups excluding tert-OH is 1. The Balaban J connectivity index is 2.48. The summed E-state index contributed by atoms with van der Waals surface area (Å²) < 4.78 is 0. The number of hydrogen-bond donors (Lipinski definition) is 1. The first-order chi connectivity index (χ1) is 2.41. The quantitative estimate of drug-likeness (QED) is 0.349. The third kappa shape index (κ3) is 3.45. The van der Waals surface area contributed by atoms with Gasteiger partial charge in [0.25, 0.3) is 0 Å². The van der Waals surface area contributed by atoms with Crippen LogP contribution in [0.3, 0.4) is 0 Å². The van der Waals surface area contributed by atoms with Crippen LogP contribution in [0, 0.1) is 11.3 Å². The topological polar surface area (TPSA) is 44.0 Å². The molecule has 0 aromatic carbocycles. The van der Waals surface area contributed by atoms with E-state index in [4.69, 9.17) is 10.4 Å². The van der Waals surface area contributed by atoms with E-state index in [1.54, 1.807) is 6.07 Å². The van der Waals surface area contributed by atoms with Gasteiger partial charge in [-0.15, -0.1) is 0 Å². The SMILES string of the molecule is [15N]#[13C][13CH2][13CH2]O. The molecule has 0 saturated carbocycles. The van der Waals surface area contributed by atoms with Gasteiger partial charge in [-0.1, -0.05) is 0 Å². The summed E-state index contributed by atoms with van der Waals surface area (Å²) >= 11 is 0. The van der Waals surface area contributed by atoms with Crippen molar-refractivity contribution in [2.75, 3.05) is 6.61 Å². The number of rotatable bonds is 1. The minimum Gasteiger partial charge on any atom is -0.395 e. The van der Waals surface area contributed by atoms with E-state index in [0.717, 1.165) is 0 Å². The van der Waals surface area contributed by atoms with E-state index in [2.05, 4.69) is 0 Å². The molecule has 1 N–H and O–H groups in total. The van der Waals surface area contributed by atoms with Crippen molar-refractivity contribution < 1.29 is 5.11 Å². The lowest BCUT2D eigenvalue weighted by Crippen LogP contribution is -1.72.